The van der Waals surface area contributed by atoms with Crippen molar-refractivity contribution in [1.82, 2.24) is 25.1 Å². The van der Waals surface area contributed by atoms with E-state index in [1.165, 1.54) is 11.9 Å². The summed E-state index contributed by atoms with van der Waals surface area (Å²) in [4.78, 5) is 21.4. The largest absolute Gasteiger partial charge is 0.436 e. The number of benzene rings is 3. The first-order valence-electron chi connectivity index (χ1n) is 11.0. The zero-order valence-electron chi connectivity index (χ0n) is 18.7. The van der Waals surface area contributed by atoms with Crippen LogP contribution in [-0.2, 0) is 13.1 Å². The van der Waals surface area contributed by atoms with Crippen LogP contribution in [0.2, 0.25) is 0 Å². The third kappa shape index (κ3) is 4.78. The van der Waals surface area contributed by atoms with Crippen molar-refractivity contribution in [3.8, 4) is 22.8 Å². The van der Waals surface area contributed by atoms with E-state index < -0.39 is 0 Å². The van der Waals surface area contributed by atoms with Crippen molar-refractivity contribution in [2.45, 2.75) is 20.0 Å². The second-order valence-corrected chi connectivity index (χ2v) is 8.03. The molecule has 0 spiro atoms. The second-order valence-electron chi connectivity index (χ2n) is 8.03. The number of hydrogen-bond donors (Lipinski definition) is 1. The fraction of sp³-hybridized carbons (Fsp3) is 0.111. The summed E-state index contributed by atoms with van der Waals surface area (Å²) in [7, 11) is 0. The summed E-state index contributed by atoms with van der Waals surface area (Å²) in [6, 6.07) is 23.4. The molecule has 0 atom stereocenters. The van der Waals surface area contributed by atoms with Crippen molar-refractivity contribution in [3.05, 3.63) is 114 Å². The monoisotopic (exact) mass is 449 g/mol. The summed E-state index contributed by atoms with van der Waals surface area (Å²) >= 11 is 0. The normalized spacial score (nSPS) is 10.9. The first kappa shape index (κ1) is 21.3. The van der Waals surface area contributed by atoms with Gasteiger partial charge in [-0.3, -0.25) is 4.79 Å². The van der Waals surface area contributed by atoms with Gasteiger partial charge in [-0.25, -0.2) is 14.6 Å². The Balaban J connectivity index is 1.28. The Bertz CT molecular complexity index is 1390. The Morgan fingerprint density at radius 3 is 2.50 bits per heavy atom. The zero-order valence-corrected chi connectivity index (χ0v) is 18.7. The molecule has 5 aromatic rings. The van der Waals surface area contributed by atoms with Gasteiger partial charge >= 0.3 is 0 Å². The fourth-order valence-electron chi connectivity index (χ4n) is 3.66. The van der Waals surface area contributed by atoms with Crippen LogP contribution in [0.3, 0.4) is 0 Å². The summed E-state index contributed by atoms with van der Waals surface area (Å²) in [6.07, 6.45) is 4.89. The highest BCUT2D eigenvalue weighted by Gasteiger charge is 2.17. The molecule has 0 bridgehead atoms. The molecule has 0 saturated carbocycles. The van der Waals surface area contributed by atoms with Crippen LogP contribution < -0.4 is 5.32 Å². The minimum absolute atomic E-state index is 0.183. The Hall–Kier alpha value is -4.52. The molecule has 1 amide bonds. The van der Waals surface area contributed by atoms with Gasteiger partial charge in [0, 0.05) is 17.7 Å². The number of aryl methyl sites for hydroxylation is 1. The van der Waals surface area contributed by atoms with Crippen LogP contribution in [0.1, 0.15) is 27.0 Å². The lowest BCUT2D eigenvalue weighted by Crippen LogP contribution is -2.23. The summed E-state index contributed by atoms with van der Waals surface area (Å²) in [5, 5.41) is 7.12. The van der Waals surface area contributed by atoms with Crippen LogP contribution in [0.5, 0.6) is 0 Å². The number of nitrogens with zero attached hydrogens (tertiary/aromatic N) is 4. The summed E-state index contributed by atoms with van der Waals surface area (Å²) < 4.78 is 7.77. The lowest BCUT2D eigenvalue weighted by molar-refractivity contribution is 0.0951. The molecular weight excluding hydrogens is 426 g/mol. The summed E-state index contributed by atoms with van der Waals surface area (Å²) in [5.41, 5.74) is 5.41. The number of hydrogen-bond acceptors (Lipinski definition) is 5. The molecule has 34 heavy (non-hydrogen) atoms. The van der Waals surface area contributed by atoms with Gasteiger partial charge in [-0.05, 0) is 30.2 Å². The molecule has 3 aromatic carbocycles. The van der Waals surface area contributed by atoms with Crippen molar-refractivity contribution in [3.63, 3.8) is 0 Å². The number of rotatable bonds is 7. The molecule has 1 N–H and O–H groups in total. The predicted octanol–water partition coefficient (Wildman–Crippen LogP) is 4.89. The molecule has 0 fully saturated rings. The van der Waals surface area contributed by atoms with Gasteiger partial charge in [0.05, 0.1) is 18.3 Å². The van der Waals surface area contributed by atoms with E-state index in [0.717, 1.165) is 16.7 Å². The van der Waals surface area contributed by atoms with Gasteiger partial charge in [0.25, 0.3) is 5.91 Å². The van der Waals surface area contributed by atoms with Crippen molar-refractivity contribution in [2.75, 3.05) is 0 Å². The van der Waals surface area contributed by atoms with Crippen LogP contribution in [0, 0.1) is 6.92 Å². The summed E-state index contributed by atoms with van der Waals surface area (Å²) in [6.45, 7) is 3.11. The maximum Gasteiger partial charge on any atom is 0.252 e. The van der Waals surface area contributed by atoms with Gasteiger partial charge < -0.3 is 9.73 Å². The number of aromatic nitrogens is 4. The molecule has 0 unspecified atom stereocenters. The van der Waals surface area contributed by atoms with Crippen molar-refractivity contribution >= 4 is 5.91 Å². The Labute approximate surface area is 197 Å². The number of carbonyl (C=O) groups is 1. The van der Waals surface area contributed by atoms with E-state index in [0.29, 0.717) is 35.9 Å². The molecule has 0 aliphatic heterocycles. The van der Waals surface area contributed by atoms with E-state index in [9.17, 15) is 4.79 Å². The minimum atomic E-state index is -0.183. The number of carbonyl (C=O) groups excluding carboxylic acids is 1. The lowest BCUT2D eigenvalue weighted by Gasteiger charge is -2.09. The van der Waals surface area contributed by atoms with Gasteiger partial charge in [0.2, 0.25) is 5.89 Å². The fourth-order valence-corrected chi connectivity index (χ4v) is 3.66. The van der Waals surface area contributed by atoms with Crippen molar-refractivity contribution in [1.29, 1.82) is 0 Å². The molecular formula is C27H23N5O2. The molecule has 168 valence electrons. The Morgan fingerprint density at radius 2 is 1.74 bits per heavy atom. The number of oxazole rings is 1. The smallest absolute Gasteiger partial charge is 0.252 e. The average Bonchev–Trinajstić information content (AvgIpc) is 3.57. The van der Waals surface area contributed by atoms with E-state index in [1.807, 2.05) is 73.7 Å². The van der Waals surface area contributed by atoms with E-state index in [2.05, 4.69) is 20.4 Å². The third-order valence-electron chi connectivity index (χ3n) is 5.53. The molecule has 5 rings (SSSR count). The van der Waals surface area contributed by atoms with Gasteiger partial charge in [-0.1, -0.05) is 66.2 Å². The van der Waals surface area contributed by atoms with Gasteiger partial charge in [0.1, 0.15) is 12.7 Å². The van der Waals surface area contributed by atoms with E-state index in [-0.39, 0.29) is 5.91 Å². The molecule has 2 aromatic heterocycles. The number of nitrogens with one attached hydrogen (secondary N) is 1. The van der Waals surface area contributed by atoms with Crippen LogP contribution in [-0.4, -0.2) is 25.7 Å². The standard InChI is InChI=1S/C27H23N5O2/c1-19-6-12-22(13-7-19)25-15-30-27(34-25)24-5-3-2-4-23(24)26(33)29-14-20-8-10-21(11-9-20)16-32-18-28-17-31-32/h2-13,15,17-18H,14,16H2,1H3,(H,29,33). The van der Waals surface area contributed by atoms with Gasteiger partial charge in [-0.15, -0.1) is 0 Å². The molecule has 0 aliphatic carbocycles. The van der Waals surface area contributed by atoms with E-state index >= 15 is 0 Å². The van der Waals surface area contributed by atoms with Crippen LogP contribution in [0.15, 0.2) is 96.1 Å². The van der Waals surface area contributed by atoms with Crippen LogP contribution >= 0.6 is 0 Å². The SMILES string of the molecule is Cc1ccc(-c2cnc(-c3ccccc3C(=O)NCc3ccc(Cn4cncn4)cc3)o2)cc1. The average molecular weight is 450 g/mol. The van der Waals surface area contributed by atoms with Crippen molar-refractivity contribution in [2.24, 2.45) is 0 Å². The maximum atomic E-state index is 13.0. The zero-order chi connectivity index (χ0) is 23.3. The van der Waals surface area contributed by atoms with Crippen molar-refractivity contribution < 1.29 is 9.21 Å². The highest BCUT2D eigenvalue weighted by Crippen LogP contribution is 2.28. The molecule has 2 heterocycles. The Morgan fingerprint density at radius 1 is 0.971 bits per heavy atom. The molecule has 0 aliphatic rings. The molecule has 0 saturated heterocycles. The van der Waals surface area contributed by atoms with Crippen LogP contribution in [0.25, 0.3) is 22.8 Å². The lowest BCUT2D eigenvalue weighted by atomic mass is 10.1. The van der Waals surface area contributed by atoms with E-state index in [4.69, 9.17) is 4.42 Å². The second kappa shape index (κ2) is 9.54. The maximum absolute atomic E-state index is 13.0. The van der Waals surface area contributed by atoms with E-state index in [1.54, 1.807) is 23.3 Å². The molecule has 7 heteroatoms. The van der Waals surface area contributed by atoms with Gasteiger partial charge in [0.15, 0.2) is 5.76 Å². The van der Waals surface area contributed by atoms with Gasteiger partial charge in [-0.2, -0.15) is 5.10 Å². The molecule has 0 radical (unpaired) electrons. The highest BCUT2D eigenvalue weighted by molar-refractivity contribution is 6.00. The first-order chi connectivity index (χ1) is 16.7. The molecule has 7 nitrogen and oxygen atoms in total. The number of amides is 1. The Kier molecular flexibility index (Phi) is 5.99. The van der Waals surface area contributed by atoms with Crippen LogP contribution in [0.4, 0.5) is 0 Å². The minimum Gasteiger partial charge on any atom is -0.436 e. The third-order valence-corrected chi connectivity index (χ3v) is 5.53. The topological polar surface area (TPSA) is 85.8 Å². The summed E-state index contributed by atoms with van der Waals surface area (Å²) in [5.74, 6) is 0.896. The predicted molar refractivity (Wildman–Crippen MR) is 129 cm³/mol. The quantitative estimate of drug-likeness (QED) is 0.382. The highest BCUT2D eigenvalue weighted by atomic mass is 16.4. The first-order valence-corrected chi connectivity index (χ1v) is 11.0.